The molecule has 2 heterocycles. The van der Waals surface area contributed by atoms with Crippen LogP contribution in [-0.4, -0.2) is 29.1 Å². The zero-order valence-electron chi connectivity index (χ0n) is 10.1. The molecule has 1 aliphatic rings. The number of carboxylic acid groups (broad SMARTS) is 1. The summed E-state index contributed by atoms with van der Waals surface area (Å²) >= 11 is 0. The molecule has 0 atom stereocenters. The molecule has 1 aliphatic heterocycles. The van der Waals surface area contributed by atoms with E-state index in [9.17, 15) is 4.79 Å². The zero-order chi connectivity index (χ0) is 12.3. The van der Waals surface area contributed by atoms with Gasteiger partial charge in [0.05, 0.1) is 5.92 Å². The van der Waals surface area contributed by atoms with Crippen LogP contribution < -0.4 is 4.90 Å². The first-order valence-corrected chi connectivity index (χ1v) is 6.13. The Bertz CT molecular complexity index is 381. The molecule has 0 aromatic carbocycles. The minimum absolute atomic E-state index is 0.179. The standard InChI is InChI=1S/C13H18N2O2/c1-2-10-3-4-12(14-9-10)15-7-5-11(6-8-15)13(16)17/h3-4,9,11H,2,5-8H2,1H3,(H,16,17). The predicted molar refractivity (Wildman–Crippen MR) is 66.2 cm³/mol. The third kappa shape index (κ3) is 2.75. The van der Waals surface area contributed by atoms with Crippen molar-refractivity contribution in [3.8, 4) is 0 Å². The first-order chi connectivity index (χ1) is 8.20. The van der Waals surface area contributed by atoms with Crippen molar-refractivity contribution in [3.63, 3.8) is 0 Å². The molecule has 4 nitrogen and oxygen atoms in total. The van der Waals surface area contributed by atoms with Gasteiger partial charge in [-0.25, -0.2) is 4.98 Å². The Morgan fingerprint density at radius 2 is 2.18 bits per heavy atom. The highest BCUT2D eigenvalue weighted by molar-refractivity contribution is 5.70. The number of aromatic nitrogens is 1. The van der Waals surface area contributed by atoms with E-state index >= 15 is 0 Å². The highest BCUT2D eigenvalue weighted by Gasteiger charge is 2.24. The van der Waals surface area contributed by atoms with Crippen LogP contribution in [0.5, 0.6) is 0 Å². The van der Waals surface area contributed by atoms with Gasteiger partial charge in [0.25, 0.3) is 0 Å². The van der Waals surface area contributed by atoms with Crippen LogP contribution in [0, 0.1) is 5.92 Å². The Hall–Kier alpha value is -1.58. The molecule has 0 saturated carbocycles. The lowest BCUT2D eigenvalue weighted by atomic mass is 9.97. The second-order valence-corrected chi connectivity index (χ2v) is 4.48. The Kier molecular flexibility index (Phi) is 3.61. The van der Waals surface area contributed by atoms with Crippen molar-refractivity contribution in [1.82, 2.24) is 4.98 Å². The maximum Gasteiger partial charge on any atom is 0.306 e. The SMILES string of the molecule is CCc1ccc(N2CCC(C(=O)O)CC2)nc1. The molecule has 1 fully saturated rings. The second kappa shape index (κ2) is 5.17. The molecule has 17 heavy (non-hydrogen) atoms. The average Bonchev–Trinajstić information content (AvgIpc) is 2.39. The van der Waals surface area contributed by atoms with E-state index in [1.54, 1.807) is 0 Å². The summed E-state index contributed by atoms with van der Waals surface area (Å²) in [6, 6.07) is 4.12. The lowest BCUT2D eigenvalue weighted by molar-refractivity contribution is -0.142. The molecule has 0 spiro atoms. The van der Waals surface area contributed by atoms with Gasteiger partial charge >= 0.3 is 5.97 Å². The van der Waals surface area contributed by atoms with Gasteiger partial charge in [-0.05, 0) is 30.9 Å². The molecule has 0 unspecified atom stereocenters. The van der Waals surface area contributed by atoms with Gasteiger partial charge in [-0.3, -0.25) is 4.79 Å². The van der Waals surface area contributed by atoms with Gasteiger partial charge in [-0.2, -0.15) is 0 Å². The Morgan fingerprint density at radius 1 is 1.47 bits per heavy atom. The van der Waals surface area contributed by atoms with Crippen LogP contribution in [0.4, 0.5) is 5.82 Å². The van der Waals surface area contributed by atoms with Crippen molar-refractivity contribution in [2.24, 2.45) is 5.92 Å². The van der Waals surface area contributed by atoms with Crippen molar-refractivity contribution in [2.45, 2.75) is 26.2 Å². The number of rotatable bonds is 3. The van der Waals surface area contributed by atoms with Crippen molar-refractivity contribution in [3.05, 3.63) is 23.9 Å². The predicted octanol–water partition coefficient (Wildman–Crippen LogP) is 1.95. The number of hydrogen-bond acceptors (Lipinski definition) is 3. The number of aryl methyl sites for hydroxylation is 1. The van der Waals surface area contributed by atoms with Gasteiger partial charge in [0.15, 0.2) is 0 Å². The molecule has 2 rings (SSSR count). The third-order valence-electron chi connectivity index (χ3n) is 3.39. The number of nitrogens with zero attached hydrogens (tertiary/aromatic N) is 2. The van der Waals surface area contributed by atoms with Crippen molar-refractivity contribution < 1.29 is 9.90 Å². The normalized spacial score (nSPS) is 17.1. The Labute approximate surface area is 101 Å². The zero-order valence-corrected chi connectivity index (χ0v) is 10.1. The number of carboxylic acids is 1. The molecule has 92 valence electrons. The summed E-state index contributed by atoms with van der Waals surface area (Å²) in [5.41, 5.74) is 1.23. The second-order valence-electron chi connectivity index (χ2n) is 4.48. The minimum Gasteiger partial charge on any atom is -0.481 e. The maximum atomic E-state index is 10.8. The Balaban J connectivity index is 1.97. The summed E-state index contributed by atoms with van der Waals surface area (Å²) in [7, 11) is 0. The van der Waals surface area contributed by atoms with Gasteiger partial charge in [0, 0.05) is 19.3 Å². The minimum atomic E-state index is -0.668. The molecular weight excluding hydrogens is 216 g/mol. The number of piperidine rings is 1. The number of hydrogen-bond donors (Lipinski definition) is 1. The third-order valence-corrected chi connectivity index (χ3v) is 3.39. The van der Waals surface area contributed by atoms with Crippen molar-refractivity contribution in [1.29, 1.82) is 0 Å². The largest absolute Gasteiger partial charge is 0.481 e. The van der Waals surface area contributed by atoms with E-state index in [1.165, 1.54) is 5.56 Å². The fraction of sp³-hybridized carbons (Fsp3) is 0.538. The van der Waals surface area contributed by atoms with E-state index < -0.39 is 5.97 Å². The smallest absolute Gasteiger partial charge is 0.306 e. The van der Waals surface area contributed by atoms with Gasteiger partial charge in [-0.15, -0.1) is 0 Å². The molecule has 1 N–H and O–H groups in total. The van der Waals surface area contributed by atoms with E-state index in [1.807, 2.05) is 12.3 Å². The van der Waals surface area contributed by atoms with Crippen LogP contribution in [-0.2, 0) is 11.2 Å². The van der Waals surface area contributed by atoms with E-state index in [0.717, 1.165) is 25.3 Å². The first-order valence-electron chi connectivity index (χ1n) is 6.13. The van der Waals surface area contributed by atoms with E-state index in [4.69, 9.17) is 5.11 Å². The molecule has 4 heteroatoms. The molecule has 1 aromatic rings. The van der Waals surface area contributed by atoms with Crippen LogP contribution in [0.3, 0.4) is 0 Å². The highest BCUT2D eigenvalue weighted by atomic mass is 16.4. The number of carbonyl (C=O) groups is 1. The van der Waals surface area contributed by atoms with Crippen LogP contribution in [0.1, 0.15) is 25.3 Å². The summed E-state index contributed by atoms with van der Waals surface area (Å²) in [6.07, 6.45) is 4.33. The monoisotopic (exact) mass is 234 g/mol. The van der Waals surface area contributed by atoms with E-state index in [-0.39, 0.29) is 5.92 Å². The summed E-state index contributed by atoms with van der Waals surface area (Å²) in [6.45, 7) is 3.68. The van der Waals surface area contributed by atoms with Crippen LogP contribution in [0.25, 0.3) is 0 Å². The van der Waals surface area contributed by atoms with Gasteiger partial charge in [-0.1, -0.05) is 13.0 Å². The first kappa shape index (κ1) is 11.9. The molecule has 0 amide bonds. The lowest BCUT2D eigenvalue weighted by Gasteiger charge is -2.31. The molecule has 1 saturated heterocycles. The van der Waals surface area contributed by atoms with Gasteiger partial charge in [0.2, 0.25) is 0 Å². The van der Waals surface area contributed by atoms with E-state index in [0.29, 0.717) is 12.8 Å². The summed E-state index contributed by atoms with van der Waals surface area (Å²) in [5.74, 6) is 0.117. The molecule has 0 bridgehead atoms. The van der Waals surface area contributed by atoms with Gasteiger partial charge < -0.3 is 10.0 Å². The topological polar surface area (TPSA) is 53.4 Å². The molecule has 1 aromatic heterocycles. The average molecular weight is 234 g/mol. The van der Waals surface area contributed by atoms with E-state index in [2.05, 4.69) is 22.9 Å². The number of pyridine rings is 1. The van der Waals surface area contributed by atoms with Gasteiger partial charge in [0.1, 0.15) is 5.82 Å². The molecule has 0 radical (unpaired) electrons. The fourth-order valence-electron chi connectivity index (χ4n) is 2.17. The van der Waals surface area contributed by atoms with Crippen molar-refractivity contribution in [2.75, 3.05) is 18.0 Å². The highest BCUT2D eigenvalue weighted by Crippen LogP contribution is 2.21. The lowest BCUT2D eigenvalue weighted by Crippen LogP contribution is -2.36. The molecule has 0 aliphatic carbocycles. The summed E-state index contributed by atoms with van der Waals surface area (Å²) in [4.78, 5) is 17.4. The summed E-state index contributed by atoms with van der Waals surface area (Å²) < 4.78 is 0. The van der Waals surface area contributed by atoms with Crippen LogP contribution in [0.15, 0.2) is 18.3 Å². The van der Waals surface area contributed by atoms with Crippen LogP contribution >= 0.6 is 0 Å². The van der Waals surface area contributed by atoms with Crippen LogP contribution in [0.2, 0.25) is 0 Å². The Morgan fingerprint density at radius 3 is 2.65 bits per heavy atom. The maximum absolute atomic E-state index is 10.8. The summed E-state index contributed by atoms with van der Waals surface area (Å²) in [5, 5.41) is 8.93. The number of anilines is 1. The fourth-order valence-corrected chi connectivity index (χ4v) is 2.17. The van der Waals surface area contributed by atoms with Crippen molar-refractivity contribution >= 4 is 11.8 Å². The molecular formula is C13H18N2O2. The quantitative estimate of drug-likeness (QED) is 0.868. The number of aliphatic carboxylic acids is 1.